The Bertz CT molecular complexity index is 747. The number of hydrogen-bond acceptors (Lipinski definition) is 4. The van der Waals surface area contributed by atoms with Crippen LogP contribution in [0.2, 0.25) is 0 Å². The molecule has 0 aliphatic heterocycles. The van der Waals surface area contributed by atoms with E-state index in [0.29, 0.717) is 5.76 Å². The molecule has 6 nitrogen and oxygen atoms in total. The van der Waals surface area contributed by atoms with Crippen molar-refractivity contribution >= 4 is 11.8 Å². The summed E-state index contributed by atoms with van der Waals surface area (Å²) in [6, 6.07) is 12.0. The van der Waals surface area contributed by atoms with Gasteiger partial charge in [0.25, 0.3) is 0 Å². The molecule has 2 rings (SSSR count). The Morgan fingerprint density at radius 3 is 2.31 bits per heavy atom. The highest BCUT2D eigenvalue weighted by Crippen LogP contribution is 2.25. The Morgan fingerprint density at radius 1 is 1.15 bits per heavy atom. The first-order valence-electron chi connectivity index (χ1n) is 8.63. The van der Waals surface area contributed by atoms with Crippen LogP contribution in [-0.4, -0.2) is 28.8 Å². The highest BCUT2D eigenvalue weighted by Gasteiger charge is 2.33. The third-order valence-corrected chi connectivity index (χ3v) is 3.79. The molecular weight excluding hydrogens is 330 g/mol. The maximum atomic E-state index is 13.0. The standard InChI is InChI=1S/C20H27N3O3/c1-14-10-11-16(26-14)13-23(17(24)12-21)18(15-8-6-5-7-9-15)19(25)22-20(2,3)4/h5-11,18H,12-13,21H2,1-4H3,(H,22,25). The third-order valence-electron chi connectivity index (χ3n) is 3.79. The van der Waals surface area contributed by atoms with Gasteiger partial charge >= 0.3 is 0 Å². The molecule has 0 fully saturated rings. The van der Waals surface area contributed by atoms with Gasteiger partial charge in [-0.2, -0.15) is 0 Å². The zero-order chi connectivity index (χ0) is 19.3. The molecule has 2 aromatic rings. The second-order valence-corrected chi connectivity index (χ2v) is 7.29. The van der Waals surface area contributed by atoms with E-state index in [2.05, 4.69) is 5.32 Å². The Hall–Kier alpha value is -2.60. The molecule has 1 unspecified atom stereocenters. The van der Waals surface area contributed by atoms with E-state index in [1.165, 1.54) is 4.90 Å². The van der Waals surface area contributed by atoms with Gasteiger partial charge in [-0.25, -0.2) is 0 Å². The maximum Gasteiger partial charge on any atom is 0.247 e. The number of aryl methyl sites for hydroxylation is 1. The summed E-state index contributed by atoms with van der Waals surface area (Å²) in [5, 5.41) is 2.96. The molecule has 0 bridgehead atoms. The number of nitrogens with two attached hydrogens (primary N) is 1. The van der Waals surface area contributed by atoms with Crippen molar-refractivity contribution in [2.24, 2.45) is 5.73 Å². The van der Waals surface area contributed by atoms with Gasteiger partial charge in [-0.15, -0.1) is 0 Å². The normalized spacial score (nSPS) is 12.5. The van der Waals surface area contributed by atoms with Crippen LogP contribution in [0.5, 0.6) is 0 Å². The fourth-order valence-electron chi connectivity index (χ4n) is 2.72. The molecule has 0 spiro atoms. The predicted molar refractivity (Wildman–Crippen MR) is 100 cm³/mol. The predicted octanol–water partition coefficient (Wildman–Crippen LogP) is 2.53. The largest absolute Gasteiger partial charge is 0.464 e. The fraction of sp³-hybridized carbons (Fsp3) is 0.400. The molecule has 140 valence electrons. The van der Waals surface area contributed by atoms with E-state index < -0.39 is 11.6 Å². The molecule has 3 N–H and O–H groups in total. The highest BCUT2D eigenvalue weighted by atomic mass is 16.3. The number of carbonyl (C=O) groups is 2. The minimum absolute atomic E-state index is 0.168. The lowest BCUT2D eigenvalue weighted by atomic mass is 10.0. The average Bonchev–Trinajstić information content (AvgIpc) is 2.98. The first-order chi connectivity index (χ1) is 12.2. The second kappa shape index (κ2) is 8.19. The number of rotatable bonds is 6. The van der Waals surface area contributed by atoms with Crippen molar-refractivity contribution in [3.8, 4) is 0 Å². The lowest BCUT2D eigenvalue weighted by Crippen LogP contribution is -2.50. The Morgan fingerprint density at radius 2 is 1.81 bits per heavy atom. The van der Waals surface area contributed by atoms with Crippen molar-refractivity contribution < 1.29 is 14.0 Å². The average molecular weight is 357 g/mol. The van der Waals surface area contributed by atoms with Gasteiger partial charge in [0.1, 0.15) is 17.6 Å². The van der Waals surface area contributed by atoms with Crippen LogP contribution in [0.15, 0.2) is 46.9 Å². The molecule has 2 amide bonds. The van der Waals surface area contributed by atoms with Crippen molar-refractivity contribution in [1.29, 1.82) is 0 Å². The monoisotopic (exact) mass is 357 g/mol. The molecule has 1 aromatic carbocycles. The highest BCUT2D eigenvalue weighted by molar-refractivity contribution is 5.89. The molecular formula is C20H27N3O3. The third kappa shape index (κ3) is 5.20. The van der Waals surface area contributed by atoms with Crippen LogP contribution in [0, 0.1) is 6.92 Å². The van der Waals surface area contributed by atoms with E-state index in [9.17, 15) is 9.59 Å². The maximum absolute atomic E-state index is 13.0. The molecule has 1 aromatic heterocycles. The minimum atomic E-state index is -0.795. The van der Waals surface area contributed by atoms with Crippen molar-refractivity contribution in [3.05, 3.63) is 59.5 Å². The number of benzene rings is 1. The van der Waals surface area contributed by atoms with Crippen LogP contribution in [0.4, 0.5) is 0 Å². The van der Waals surface area contributed by atoms with Gasteiger partial charge in [0.05, 0.1) is 13.1 Å². The summed E-state index contributed by atoms with van der Waals surface area (Å²) in [5.74, 6) is 0.773. The quantitative estimate of drug-likeness (QED) is 0.831. The van der Waals surface area contributed by atoms with Crippen molar-refractivity contribution in [2.45, 2.75) is 45.8 Å². The first-order valence-corrected chi connectivity index (χ1v) is 8.63. The number of nitrogens with zero attached hydrogens (tertiary/aromatic N) is 1. The second-order valence-electron chi connectivity index (χ2n) is 7.29. The first kappa shape index (κ1) is 19.7. The number of nitrogens with one attached hydrogen (secondary N) is 1. The molecule has 1 heterocycles. The summed E-state index contributed by atoms with van der Waals surface area (Å²) in [5.41, 5.74) is 5.92. The molecule has 0 saturated carbocycles. The van der Waals surface area contributed by atoms with Crippen molar-refractivity contribution in [2.75, 3.05) is 6.54 Å². The van der Waals surface area contributed by atoms with Gasteiger partial charge in [-0.1, -0.05) is 30.3 Å². The smallest absolute Gasteiger partial charge is 0.247 e. The summed E-state index contributed by atoms with van der Waals surface area (Å²) >= 11 is 0. The van der Waals surface area contributed by atoms with E-state index in [0.717, 1.165) is 11.3 Å². The van der Waals surface area contributed by atoms with Gasteiger partial charge < -0.3 is 20.4 Å². The summed E-state index contributed by atoms with van der Waals surface area (Å²) in [6.07, 6.45) is 0. The topological polar surface area (TPSA) is 88.6 Å². The molecule has 0 radical (unpaired) electrons. The van der Waals surface area contributed by atoms with Gasteiger partial charge in [0.2, 0.25) is 11.8 Å². The molecule has 6 heteroatoms. The van der Waals surface area contributed by atoms with E-state index >= 15 is 0 Å². The molecule has 0 saturated heterocycles. The van der Waals surface area contributed by atoms with E-state index in [1.807, 2.05) is 64.1 Å². The van der Waals surface area contributed by atoms with Crippen LogP contribution >= 0.6 is 0 Å². The zero-order valence-electron chi connectivity index (χ0n) is 15.8. The van der Waals surface area contributed by atoms with E-state index in [1.54, 1.807) is 6.07 Å². The SMILES string of the molecule is Cc1ccc(CN(C(=O)CN)C(C(=O)NC(C)(C)C)c2ccccc2)o1. The van der Waals surface area contributed by atoms with Gasteiger partial charge in [0, 0.05) is 5.54 Å². The van der Waals surface area contributed by atoms with Gasteiger partial charge in [-0.3, -0.25) is 9.59 Å². The van der Waals surface area contributed by atoms with Crippen LogP contribution < -0.4 is 11.1 Å². The van der Waals surface area contributed by atoms with Crippen LogP contribution in [0.3, 0.4) is 0 Å². The molecule has 0 aliphatic rings. The summed E-state index contributed by atoms with van der Waals surface area (Å²) < 4.78 is 5.61. The summed E-state index contributed by atoms with van der Waals surface area (Å²) in [6.45, 7) is 7.51. The molecule has 26 heavy (non-hydrogen) atoms. The number of amides is 2. The van der Waals surface area contributed by atoms with Crippen molar-refractivity contribution in [3.63, 3.8) is 0 Å². The van der Waals surface area contributed by atoms with Gasteiger partial charge in [0.15, 0.2) is 0 Å². The van der Waals surface area contributed by atoms with Gasteiger partial charge in [-0.05, 0) is 45.4 Å². The lowest BCUT2D eigenvalue weighted by Gasteiger charge is -2.33. The molecule has 0 aliphatic carbocycles. The fourth-order valence-corrected chi connectivity index (χ4v) is 2.72. The Labute approximate surface area is 154 Å². The lowest BCUT2D eigenvalue weighted by molar-refractivity contribution is -0.141. The minimum Gasteiger partial charge on any atom is -0.464 e. The Kier molecular flexibility index (Phi) is 6.21. The van der Waals surface area contributed by atoms with Crippen LogP contribution in [0.25, 0.3) is 0 Å². The van der Waals surface area contributed by atoms with Crippen LogP contribution in [-0.2, 0) is 16.1 Å². The molecule has 1 atom stereocenters. The van der Waals surface area contributed by atoms with Crippen LogP contribution in [0.1, 0.15) is 43.9 Å². The number of carbonyl (C=O) groups excluding carboxylic acids is 2. The zero-order valence-corrected chi connectivity index (χ0v) is 15.8. The van der Waals surface area contributed by atoms with E-state index in [-0.39, 0.29) is 24.9 Å². The van der Waals surface area contributed by atoms with Crippen molar-refractivity contribution in [1.82, 2.24) is 10.2 Å². The summed E-state index contributed by atoms with van der Waals surface area (Å²) in [4.78, 5) is 27.1. The van der Waals surface area contributed by atoms with E-state index in [4.69, 9.17) is 10.2 Å². The number of furan rings is 1. The summed E-state index contributed by atoms with van der Waals surface area (Å²) in [7, 11) is 0. The number of hydrogen-bond donors (Lipinski definition) is 2. The Balaban J connectivity index is 2.43.